The SMILES string of the molecule is COc1cccc2cc(C(=O)NCCN3CCc4ccccc4C3)oc12. The number of benzene rings is 2. The van der Waals surface area contributed by atoms with Crippen LogP contribution in [0.1, 0.15) is 21.7 Å². The zero-order valence-corrected chi connectivity index (χ0v) is 14.8. The number of nitrogens with one attached hydrogen (secondary N) is 1. The summed E-state index contributed by atoms with van der Waals surface area (Å²) in [5.74, 6) is 0.752. The van der Waals surface area contributed by atoms with Crippen molar-refractivity contribution in [3.05, 3.63) is 65.4 Å². The Labute approximate surface area is 152 Å². The van der Waals surface area contributed by atoms with Crippen molar-refractivity contribution < 1.29 is 13.9 Å². The second kappa shape index (κ2) is 7.22. The molecule has 0 spiro atoms. The van der Waals surface area contributed by atoms with Crippen molar-refractivity contribution in [3.8, 4) is 5.75 Å². The van der Waals surface area contributed by atoms with Gasteiger partial charge in [-0.2, -0.15) is 0 Å². The number of methoxy groups -OCH3 is 1. The zero-order chi connectivity index (χ0) is 17.9. The molecule has 1 amide bonds. The third-order valence-corrected chi connectivity index (χ3v) is 4.87. The molecule has 1 aliphatic rings. The van der Waals surface area contributed by atoms with Crippen LogP contribution in [0.15, 0.2) is 52.9 Å². The minimum Gasteiger partial charge on any atom is -0.493 e. The Kier molecular flexibility index (Phi) is 4.63. The predicted octanol–water partition coefficient (Wildman–Crippen LogP) is 3.23. The van der Waals surface area contributed by atoms with Crippen LogP contribution >= 0.6 is 0 Å². The number of para-hydroxylation sites is 1. The maximum absolute atomic E-state index is 12.4. The van der Waals surface area contributed by atoms with Gasteiger partial charge in [-0.15, -0.1) is 0 Å². The molecule has 0 saturated carbocycles. The lowest BCUT2D eigenvalue weighted by atomic mass is 10.00. The number of ether oxygens (including phenoxy) is 1. The Balaban J connectivity index is 1.35. The van der Waals surface area contributed by atoms with Gasteiger partial charge in [0.05, 0.1) is 7.11 Å². The third kappa shape index (κ3) is 3.30. The molecule has 5 nitrogen and oxygen atoms in total. The van der Waals surface area contributed by atoms with Crippen LogP contribution in [0.25, 0.3) is 11.0 Å². The lowest BCUT2D eigenvalue weighted by Gasteiger charge is -2.28. The molecule has 4 rings (SSSR count). The molecule has 0 atom stereocenters. The van der Waals surface area contributed by atoms with Gasteiger partial charge in [0.15, 0.2) is 17.1 Å². The number of rotatable bonds is 5. The molecule has 0 unspecified atom stereocenters. The number of hydrogen-bond donors (Lipinski definition) is 1. The molecule has 1 aliphatic heterocycles. The highest BCUT2D eigenvalue weighted by Crippen LogP contribution is 2.28. The molecule has 0 radical (unpaired) electrons. The molecule has 2 aromatic carbocycles. The number of hydrogen-bond acceptors (Lipinski definition) is 4. The number of amides is 1. The molecule has 0 bridgehead atoms. The Morgan fingerprint density at radius 1 is 1.19 bits per heavy atom. The molecule has 3 aromatic rings. The number of carbonyl (C=O) groups is 1. The van der Waals surface area contributed by atoms with Crippen molar-refractivity contribution in [2.24, 2.45) is 0 Å². The number of carbonyl (C=O) groups excluding carboxylic acids is 1. The van der Waals surface area contributed by atoms with E-state index in [1.165, 1.54) is 11.1 Å². The molecule has 26 heavy (non-hydrogen) atoms. The van der Waals surface area contributed by atoms with Crippen molar-refractivity contribution in [2.45, 2.75) is 13.0 Å². The number of fused-ring (bicyclic) bond motifs is 2. The van der Waals surface area contributed by atoms with Crippen molar-refractivity contribution >= 4 is 16.9 Å². The second-order valence-electron chi connectivity index (χ2n) is 6.54. The van der Waals surface area contributed by atoms with Crippen LogP contribution in [-0.4, -0.2) is 37.6 Å². The minimum absolute atomic E-state index is 0.194. The summed E-state index contributed by atoms with van der Waals surface area (Å²) < 4.78 is 11.0. The van der Waals surface area contributed by atoms with Gasteiger partial charge in [0.25, 0.3) is 5.91 Å². The average Bonchev–Trinajstić information content (AvgIpc) is 3.12. The van der Waals surface area contributed by atoms with E-state index >= 15 is 0 Å². The van der Waals surface area contributed by atoms with E-state index in [0.29, 0.717) is 23.6 Å². The van der Waals surface area contributed by atoms with E-state index < -0.39 is 0 Å². The van der Waals surface area contributed by atoms with Gasteiger partial charge < -0.3 is 14.5 Å². The van der Waals surface area contributed by atoms with Crippen LogP contribution in [0.3, 0.4) is 0 Å². The van der Waals surface area contributed by atoms with E-state index in [2.05, 4.69) is 34.5 Å². The summed E-state index contributed by atoms with van der Waals surface area (Å²) in [6.07, 6.45) is 1.06. The smallest absolute Gasteiger partial charge is 0.287 e. The van der Waals surface area contributed by atoms with Gasteiger partial charge in [0, 0.05) is 31.6 Å². The maximum atomic E-state index is 12.4. The van der Waals surface area contributed by atoms with Crippen molar-refractivity contribution in [3.63, 3.8) is 0 Å². The molecule has 0 saturated heterocycles. The topological polar surface area (TPSA) is 54.7 Å². The largest absolute Gasteiger partial charge is 0.493 e. The Bertz CT molecular complexity index is 932. The fourth-order valence-electron chi connectivity index (χ4n) is 3.47. The van der Waals surface area contributed by atoms with E-state index in [-0.39, 0.29) is 5.91 Å². The van der Waals surface area contributed by atoms with E-state index in [0.717, 1.165) is 31.4 Å². The van der Waals surface area contributed by atoms with Crippen LogP contribution in [0.4, 0.5) is 0 Å². The summed E-state index contributed by atoms with van der Waals surface area (Å²) in [6, 6.07) is 15.9. The van der Waals surface area contributed by atoms with Crippen LogP contribution < -0.4 is 10.1 Å². The van der Waals surface area contributed by atoms with Crippen molar-refractivity contribution in [1.29, 1.82) is 0 Å². The molecule has 2 heterocycles. The maximum Gasteiger partial charge on any atom is 0.287 e. The predicted molar refractivity (Wildman–Crippen MR) is 101 cm³/mol. The van der Waals surface area contributed by atoms with E-state index in [1.807, 2.05) is 18.2 Å². The van der Waals surface area contributed by atoms with E-state index in [1.54, 1.807) is 13.2 Å². The van der Waals surface area contributed by atoms with Crippen LogP contribution in [-0.2, 0) is 13.0 Å². The highest BCUT2D eigenvalue weighted by Gasteiger charge is 2.17. The first kappa shape index (κ1) is 16.7. The molecule has 1 aromatic heterocycles. The molecule has 0 fully saturated rings. The first-order valence-electron chi connectivity index (χ1n) is 8.88. The first-order valence-corrected chi connectivity index (χ1v) is 8.88. The first-order chi connectivity index (χ1) is 12.7. The zero-order valence-electron chi connectivity index (χ0n) is 14.8. The fraction of sp³-hybridized carbons (Fsp3) is 0.286. The Morgan fingerprint density at radius 3 is 2.88 bits per heavy atom. The number of furan rings is 1. The van der Waals surface area contributed by atoms with Crippen LogP contribution in [0.5, 0.6) is 5.75 Å². The molecule has 134 valence electrons. The lowest BCUT2D eigenvalue weighted by molar-refractivity contribution is 0.0921. The monoisotopic (exact) mass is 350 g/mol. The Hall–Kier alpha value is -2.79. The van der Waals surface area contributed by atoms with Gasteiger partial charge >= 0.3 is 0 Å². The minimum atomic E-state index is -0.194. The fourth-order valence-corrected chi connectivity index (χ4v) is 3.47. The standard InChI is InChI=1S/C21H22N2O3/c1-25-18-8-4-7-16-13-19(26-20(16)18)21(24)22-10-12-23-11-9-15-5-2-3-6-17(15)14-23/h2-8,13H,9-12,14H2,1H3,(H,22,24). The highest BCUT2D eigenvalue weighted by molar-refractivity contribution is 5.97. The summed E-state index contributed by atoms with van der Waals surface area (Å²) in [6.45, 7) is 3.38. The number of nitrogens with zero attached hydrogens (tertiary/aromatic N) is 1. The summed E-state index contributed by atoms with van der Waals surface area (Å²) in [5.41, 5.74) is 3.42. The van der Waals surface area contributed by atoms with Gasteiger partial charge in [-0.05, 0) is 29.7 Å². The van der Waals surface area contributed by atoms with Crippen LogP contribution in [0, 0.1) is 0 Å². The molecule has 0 aliphatic carbocycles. The van der Waals surface area contributed by atoms with Crippen LogP contribution in [0.2, 0.25) is 0 Å². The van der Waals surface area contributed by atoms with Gasteiger partial charge in [-0.25, -0.2) is 0 Å². The Morgan fingerprint density at radius 2 is 2.04 bits per heavy atom. The van der Waals surface area contributed by atoms with E-state index in [4.69, 9.17) is 9.15 Å². The van der Waals surface area contributed by atoms with Crippen molar-refractivity contribution in [2.75, 3.05) is 26.7 Å². The molecular formula is C21H22N2O3. The third-order valence-electron chi connectivity index (χ3n) is 4.87. The summed E-state index contributed by atoms with van der Waals surface area (Å²) in [4.78, 5) is 14.8. The summed E-state index contributed by atoms with van der Waals surface area (Å²) >= 11 is 0. The van der Waals surface area contributed by atoms with Gasteiger partial charge in [0.1, 0.15) is 0 Å². The normalized spacial score (nSPS) is 14.2. The van der Waals surface area contributed by atoms with E-state index in [9.17, 15) is 4.79 Å². The summed E-state index contributed by atoms with van der Waals surface area (Å²) in [7, 11) is 1.59. The van der Waals surface area contributed by atoms with Gasteiger partial charge in [0.2, 0.25) is 0 Å². The molecule has 5 heteroatoms. The summed E-state index contributed by atoms with van der Waals surface area (Å²) in [5, 5.41) is 3.82. The average molecular weight is 350 g/mol. The second-order valence-corrected chi connectivity index (χ2v) is 6.54. The van der Waals surface area contributed by atoms with Gasteiger partial charge in [-0.1, -0.05) is 36.4 Å². The molecule has 1 N–H and O–H groups in total. The van der Waals surface area contributed by atoms with Crippen molar-refractivity contribution in [1.82, 2.24) is 10.2 Å². The highest BCUT2D eigenvalue weighted by atomic mass is 16.5. The van der Waals surface area contributed by atoms with Gasteiger partial charge in [-0.3, -0.25) is 9.69 Å². The lowest BCUT2D eigenvalue weighted by Crippen LogP contribution is -2.37. The molecular weight excluding hydrogens is 328 g/mol. The quantitative estimate of drug-likeness (QED) is 0.768.